The fourth-order valence-corrected chi connectivity index (χ4v) is 3.98. The number of hydrogen-bond acceptors (Lipinski definition) is 2. The van der Waals surface area contributed by atoms with Gasteiger partial charge in [-0.2, -0.15) is 5.10 Å². The van der Waals surface area contributed by atoms with Crippen molar-refractivity contribution in [3.05, 3.63) is 59.9 Å². The van der Waals surface area contributed by atoms with E-state index in [1.165, 1.54) is 0 Å². The highest BCUT2D eigenvalue weighted by molar-refractivity contribution is 5.94. The fourth-order valence-electron chi connectivity index (χ4n) is 3.98. The van der Waals surface area contributed by atoms with Gasteiger partial charge in [0.15, 0.2) is 0 Å². The number of quaternary nitrogens is 1. The van der Waals surface area contributed by atoms with Crippen molar-refractivity contribution in [1.29, 1.82) is 0 Å². The molecule has 2 heterocycles. The zero-order chi connectivity index (χ0) is 22.4. The van der Waals surface area contributed by atoms with Crippen LogP contribution in [0.15, 0.2) is 48.7 Å². The molecular formula is C25H36N5O+. The zero-order valence-electron chi connectivity index (χ0n) is 19.5. The first-order valence-corrected chi connectivity index (χ1v) is 11.4. The number of rotatable bonds is 10. The van der Waals surface area contributed by atoms with Gasteiger partial charge in [0.2, 0.25) is 0 Å². The smallest absolute Gasteiger partial charge is 0.270 e. The summed E-state index contributed by atoms with van der Waals surface area (Å²) in [5, 5.41) is 7.98. The number of hydrogen-bond donors (Lipinski definition) is 2. The van der Waals surface area contributed by atoms with E-state index in [9.17, 15) is 4.79 Å². The average molecular weight is 423 g/mol. The van der Waals surface area contributed by atoms with Crippen molar-refractivity contribution in [2.24, 2.45) is 7.05 Å². The molecule has 0 bridgehead atoms. The highest BCUT2D eigenvalue weighted by Crippen LogP contribution is 2.22. The van der Waals surface area contributed by atoms with E-state index in [0.29, 0.717) is 5.69 Å². The summed E-state index contributed by atoms with van der Waals surface area (Å²) in [6.07, 6.45) is 4.06. The highest BCUT2D eigenvalue weighted by atomic mass is 16.2. The van der Waals surface area contributed by atoms with E-state index in [2.05, 4.69) is 32.2 Å². The van der Waals surface area contributed by atoms with Crippen molar-refractivity contribution < 1.29 is 9.69 Å². The van der Waals surface area contributed by atoms with Gasteiger partial charge in [0, 0.05) is 19.3 Å². The molecule has 6 heteroatoms. The Balaban J connectivity index is 1.81. The van der Waals surface area contributed by atoms with Gasteiger partial charge in [0.25, 0.3) is 5.91 Å². The van der Waals surface area contributed by atoms with Gasteiger partial charge >= 0.3 is 0 Å². The highest BCUT2D eigenvalue weighted by Gasteiger charge is 2.20. The van der Waals surface area contributed by atoms with Gasteiger partial charge in [-0.15, -0.1) is 0 Å². The van der Waals surface area contributed by atoms with Gasteiger partial charge < -0.3 is 14.8 Å². The first-order valence-electron chi connectivity index (χ1n) is 11.4. The Morgan fingerprint density at radius 3 is 2.58 bits per heavy atom. The number of nitrogens with one attached hydrogen (secondary N) is 2. The summed E-state index contributed by atoms with van der Waals surface area (Å²) in [6.45, 7) is 12.0. The largest absolute Gasteiger partial charge is 0.349 e. The first-order chi connectivity index (χ1) is 14.9. The Morgan fingerprint density at radius 1 is 1.16 bits per heavy atom. The fraction of sp³-hybridized carbons (Fsp3) is 0.440. The summed E-state index contributed by atoms with van der Waals surface area (Å²) in [5.74, 6) is -0.0860. The number of amides is 1. The van der Waals surface area contributed by atoms with E-state index >= 15 is 0 Å². The summed E-state index contributed by atoms with van der Waals surface area (Å²) >= 11 is 0. The van der Waals surface area contributed by atoms with Crippen LogP contribution in [0.2, 0.25) is 0 Å². The van der Waals surface area contributed by atoms with Crippen LogP contribution in [0.4, 0.5) is 0 Å². The van der Waals surface area contributed by atoms with E-state index in [1.807, 2.05) is 61.1 Å². The molecule has 0 aliphatic rings. The van der Waals surface area contributed by atoms with Crippen LogP contribution in [0.25, 0.3) is 17.1 Å². The Labute approximate surface area is 185 Å². The van der Waals surface area contributed by atoms with E-state index in [0.717, 1.165) is 55.1 Å². The maximum atomic E-state index is 13.2. The molecular weight excluding hydrogens is 386 g/mol. The molecule has 0 fully saturated rings. The van der Waals surface area contributed by atoms with Crippen molar-refractivity contribution in [2.75, 3.05) is 19.6 Å². The summed E-state index contributed by atoms with van der Waals surface area (Å²) in [7, 11) is 1.99. The quantitative estimate of drug-likeness (QED) is 0.528. The molecule has 3 aromatic rings. The second kappa shape index (κ2) is 10.4. The molecule has 0 spiro atoms. The van der Waals surface area contributed by atoms with Crippen molar-refractivity contribution in [3.63, 3.8) is 0 Å². The summed E-state index contributed by atoms with van der Waals surface area (Å²) in [6, 6.07) is 14.1. The van der Waals surface area contributed by atoms with Gasteiger partial charge in [0.05, 0.1) is 31.0 Å². The van der Waals surface area contributed by atoms with Crippen molar-refractivity contribution >= 4 is 5.91 Å². The summed E-state index contributed by atoms with van der Waals surface area (Å²) < 4.78 is 3.78. The maximum Gasteiger partial charge on any atom is 0.270 e. The Kier molecular flexibility index (Phi) is 7.69. The predicted molar refractivity (Wildman–Crippen MR) is 126 cm³/mol. The zero-order valence-corrected chi connectivity index (χ0v) is 19.5. The van der Waals surface area contributed by atoms with Crippen LogP contribution in [-0.2, 0) is 7.05 Å². The second-order valence-electron chi connectivity index (χ2n) is 8.39. The van der Waals surface area contributed by atoms with Crippen molar-refractivity contribution in [1.82, 2.24) is 19.7 Å². The molecule has 2 aromatic heterocycles. The lowest BCUT2D eigenvalue weighted by atomic mass is 10.1. The topological polar surface area (TPSA) is 56.3 Å². The maximum absolute atomic E-state index is 13.2. The van der Waals surface area contributed by atoms with Crippen molar-refractivity contribution in [2.45, 2.75) is 46.6 Å². The monoisotopic (exact) mass is 422 g/mol. The number of benzene rings is 1. The standard InChI is InChI=1S/C25H35N5O/c1-6-29(7-2)16-9-12-20(4)26-25(31)24-18-22(23-14-10-15-28(23)5)27-30(24)21-13-8-11-19(3)17-21/h8,10-11,13-15,17-18,20H,6-7,9,12,16H2,1-5H3,(H,26,31)/p+1/t20-/m0/s1. The van der Waals surface area contributed by atoms with Crippen LogP contribution in [0.3, 0.4) is 0 Å². The molecule has 6 nitrogen and oxygen atoms in total. The molecule has 3 rings (SSSR count). The molecule has 0 radical (unpaired) electrons. The third-order valence-electron chi connectivity index (χ3n) is 5.94. The van der Waals surface area contributed by atoms with Gasteiger partial charge in [-0.05, 0) is 76.4 Å². The minimum Gasteiger partial charge on any atom is -0.349 e. The molecule has 2 N–H and O–H groups in total. The van der Waals surface area contributed by atoms with Crippen LogP contribution < -0.4 is 10.2 Å². The average Bonchev–Trinajstić information content (AvgIpc) is 3.37. The molecule has 166 valence electrons. The molecule has 1 amide bonds. The molecule has 0 saturated carbocycles. The minimum absolute atomic E-state index is 0.0860. The number of carbonyl (C=O) groups is 1. The molecule has 31 heavy (non-hydrogen) atoms. The van der Waals surface area contributed by atoms with E-state index < -0.39 is 0 Å². The Bertz CT molecular complexity index is 999. The van der Waals surface area contributed by atoms with Gasteiger partial charge in [-0.3, -0.25) is 4.79 Å². The van der Waals surface area contributed by atoms with E-state index in [-0.39, 0.29) is 11.9 Å². The van der Waals surface area contributed by atoms with Gasteiger partial charge in [-0.25, -0.2) is 4.68 Å². The van der Waals surface area contributed by atoms with Crippen LogP contribution in [0, 0.1) is 6.92 Å². The SMILES string of the molecule is CC[NH+](CC)CCC[C@H](C)NC(=O)c1cc(-c2cccn2C)nn1-c1cccc(C)c1. The van der Waals surface area contributed by atoms with E-state index in [4.69, 9.17) is 5.10 Å². The summed E-state index contributed by atoms with van der Waals surface area (Å²) in [4.78, 5) is 14.8. The van der Waals surface area contributed by atoms with Crippen LogP contribution in [-0.4, -0.2) is 45.9 Å². The molecule has 0 aliphatic heterocycles. The van der Waals surface area contributed by atoms with Gasteiger partial charge in [-0.1, -0.05) is 12.1 Å². The minimum atomic E-state index is -0.0860. The Morgan fingerprint density at radius 2 is 1.94 bits per heavy atom. The third kappa shape index (κ3) is 5.64. The second-order valence-corrected chi connectivity index (χ2v) is 8.39. The lowest BCUT2D eigenvalue weighted by Gasteiger charge is -2.18. The summed E-state index contributed by atoms with van der Waals surface area (Å²) in [5.41, 5.74) is 4.35. The van der Waals surface area contributed by atoms with E-state index in [1.54, 1.807) is 9.58 Å². The lowest BCUT2D eigenvalue weighted by molar-refractivity contribution is -0.896. The van der Waals surface area contributed by atoms with Crippen LogP contribution in [0.5, 0.6) is 0 Å². The number of aryl methyl sites for hydroxylation is 2. The molecule has 0 saturated heterocycles. The number of carbonyl (C=O) groups excluding carboxylic acids is 1. The molecule has 1 aromatic carbocycles. The third-order valence-corrected chi connectivity index (χ3v) is 5.94. The predicted octanol–water partition coefficient (Wildman–Crippen LogP) is 3.01. The molecule has 0 unspecified atom stereocenters. The lowest BCUT2D eigenvalue weighted by Crippen LogP contribution is -3.11. The molecule has 0 aliphatic carbocycles. The number of nitrogens with zero attached hydrogens (tertiary/aromatic N) is 3. The number of aromatic nitrogens is 3. The normalized spacial score (nSPS) is 12.3. The van der Waals surface area contributed by atoms with Crippen LogP contribution in [0.1, 0.15) is 49.7 Å². The first kappa shape index (κ1) is 22.8. The van der Waals surface area contributed by atoms with Crippen molar-refractivity contribution in [3.8, 4) is 17.1 Å². The molecule has 1 atom stereocenters. The van der Waals surface area contributed by atoms with Crippen LogP contribution >= 0.6 is 0 Å². The Hall–Kier alpha value is -2.86. The van der Waals surface area contributed by atoms with Gasteiger partial charge in [0.1, 0.15) is 11.4 Å².